The van der Waals surface area contributed by atoms with Crippen LogP contribution in [0.3, 0.4) is 0 Å². The molecule has 2 rings (SSSR count). The number of carbonyl (C=O) groups excluding carboxylic acids is 1. The van der Waals surface area contributed by atoms with Crippen LogP contribution in [0.2, 0.25) is 0 Å². The van der Waals surface area contributed by atoms with E-state index in [0.717, 1.165) is 6.42 Å². The van der Waals surface area contributed by atoms with Gasteiger partial charge in [0.05, 0.1) is 4.90 Å². The average Bonchev–Trinajstić information content (AvgIpc) is 3.21. The number of nitrogens with one attached hydrogen (secondary N) is 1. The van der Waals surface area contributed by atoms with Crippen molar-refractivity contribution in [1.29, 1.82) is 0 Å². The van der Waals surface area contributed by atoms with Crippen LogP contribution in [-0.4, -0.2) is 20.2 Å². The first-order valence-electron chi connectivity index (χ1n) is 7.08. The van der Waals surface area contributed by atoms with Crippen LogP contribution in [0, 0.1) is 5.92 Å². The summed E-state index contributed by atoms with van der Waals surface area (Å²) in [6, 6.07) is 6.18. The van der Waals surface area contributed by atoms with Gasteiger partial charge in [-0.05, 0) is 31.4 Å². The Hall–Kier alpha value is -1.20. The largest absolute Gasteiger partial charge is 0.294 e. The maximum Gasteiger partial charge on any atom is 0.240 e. The molecule has 0 aromatic heterocycles. The first-order valence-corrected chi connectivity index (χ1v) is 8.56. The molecular formula is C15H21NO3S. The van der Waals surface area contributed by atoms with Crippen molar-refractivity contribution < 1.29 is 13.2 Å². The molecule has 0 aliphatic heterocycles. The molecule has 0 saturated heterocycles. The molecule has 1 N–H and O–H groups in total. The Morgan fingerprint density at radius 1 is 1.40 bits per heavy atom. The highest BCUT2D eigenvalue weighted by molar-refractivity contribution is 7.89. The van der Waals surface area contributed by atoms with E-state index >= 15 is 0 Å². The van der Waals surface area contributed by atoms with Gasteiger partial charge in [-0.25, -0.2) is 13.1 Å². The molecule has 0 bridgehead atoms. The van der Waals surface area contributed by atoms with Crippen LogP contribution in [0.15, 0.2) is 29.2 Å². The molecule has 20 heavy (non-hydrogen) atoms. The van der Waals surface area contributed by atoms with Gasteiger partial charge in [-0.3, -0.25) is 4.79 Å². The lowest BCUT2D eigenvalue weighted by atomic mass is 10.1. The second kappa shape index (κ2) is 6.06. The highest BCUT2D eigenvalue weighted by Crippen LogP contribution is 2.33. The van der Waals surface area contributed by atoms with Crippen LogP contribution in [0.25, 0.3) is 0 Å². The Bertz CT molecular complexity index is 591. The van der Waals surface area contributed by atoms with E-state index in [9.17, 15) is 13.2 Å². The summed E-state index contributed by atoms with van der Waals surface area (Å²) in [6.07, 6.45) is 3.65. The summed E-state index contributed by atoms with van der Waals surface area (Å²) in [5.74, 6) is 0.619. The fourth-order valence-electron chi connectivity index (χ4n) is 2.28. The molecule has 0 amide bonds. The van der Waals surface area contributed by atoms with E-state index in [4.69, 9.17) is 0 Å². The van der Waals surface area contributed by atoms with Crippen molar-refractivity contribution in [2.45, 2.75) is 50.5 Å². The molecule has 1 aromatic rings. The van der Waals surface area contributed by atoms with Crippen molar-refractivity contribution in [3.05, 3.63) is 29.8 Å². The van der Waals surface area contributed by atoms with E-state index in [0.29, 0.717) is 17.9 Å². The zero-order valence-corrected chi connectivity index (χ0v) is 12.7. The summed E-state index contributed by atoms with van der Waals surface area (Å²) in [6.45, 7) is 3.65. The van der Waals surface area contributed by atoms with E-state index in [1.165, 1.54) is 25.0 Å². The monoisotopic (exact) mass is 295 g/mol. The molecule has 1 saturated carbocycles. The summed E-state index contributed by atoms with van der Waals surface area (Å²) in [4.78, 5) is 11.8. The normalized spacial score (nSPS) is 16.9. The molecule has 0 spiro atoms. The summed E-state index contributed by atoms with van der Waals surface area (Å²) in [5.41, 5.74) is 0.449. The first kappa shape index (κ1) is 15.2. The summed E-state index contributed by atoms with van der Waals surface area (Å²) < 4.78 is 27.3. The van der Waals surface area contributed by atoms with Gasteiger partial charge >= 0.3 is 0 Å². The van der Waals surface area contributed by atoms with Gasteiger partial charge in [-0.15, -0.1) is 0 Å². The number of benzene rings is 1. The quantitative estimate of drug-likeness (QED) is 0.787. The van der Waals surface area contributed by atoms with Gasteiger partial charge in [0.2, 0.25) is 10.0 Å². The average molecular weight is 295 g/mol. The van der Waals surface area contributed by atoms with Gasteiger partial charge in [-0.2, -0.15) is 0 Å². The standard InChI is InChI=1S/C15H21NO3S/c1-3-15(17)13-5-4-6-14(10-13)20(18,19)16-11(2)9-12-7-8-12/h4-6,10-12,16H,3,7-9H2,1-2H3. The third-order valence-corrected chi connectivity index (χ3v) is 5.11. The fourth-order valence-corrected chi connectivity index (χ4v) is 3.58. The molecule has 1 atom stereocenters. The van der Waals surface area contributed by atoms with Gasteiger partial charge < -0.3 is 0 Å². The van der Waals surface area contributed by atoms with Crippen molar-refractivity contribution >= 4 is 15.8 Å². The van der Waals surface area contributed by atoms with Crippen LogP contribution in [0.1, 0.15) is 49.9 Å². The minimum Gasteiger partial charge on any atom is -0.294 e. The third-order valence-electron chi connectivity index (χ3n) is 3.53. The van der Waals surface area contributed by atoms with E-state index in [1.807, 2.05) is 6.92 Å². The van der Waals surface area contributed by atoms with Gasteiger partial charge in [0.25, 0.3) is 0 Å². The molecule has 0 heterocycles. The number of rotatable bonds is 7. The topological polar surface area (TPSA) is 63.2 Å². The lowest BCUT2D eigenvalue weighted by Crippen LogP contribution is -2.33. The maximum absolute atomic E-state index is 12.3. The van der Waals surface area contributed by atoms with Gasteiger partial charge in [-0.1, -0.05) is 31.9 Å². The smallest absolute Gasteiger partial charge is 0.240 e. The van der Waals surface area contributed by atoms with E-state index in [-0.39, 0.29) is 16.7 Å². The fraction of sp³-hybridized carbons (Fsp3) is 0.533. The number of ketones is 1. The van der Waals surface area contributed by atoms with E-state index in [2.05, 4.69) is 4.72 Å². The molecule has 1 aromatic carbocycles. The lowest BCUT2D eigenvalue weighted by molar-refractivity contribution is 0.0988. The Morgan fingerprint density at radius 3 is 2.70 bits per heavy atom. The Labute approximate surface area is 120 Å². The minimum atomic E-state index is -3.54. The number of hydrogen-bond donors (Lipinski definition) is 1. The van der Waals surface area contributed by atoms with Crippen molar-refractivity contribution in [3.63, 3.8) is 0 Å². The highest BCUT2D eigenvalue weighted by Gasteiger charge is 2.26. The number of hydrogen-bond acceptors (Lipinski definition) is 3. The van der Waals surface area contributed by atoms with Gasteiger partial charge in [0.1, 0.15) is 0 Å². The predicted octanol–water partition coefficient (Wildman–Crippen LogP) is 2.75. The lowest BCUT2D eigenvalue weighted by Gasteiger charge is -2.14. The number of carbonyl (C=O) groups is 1. The summed E-state index contributed by atoms with van der Waals surface area (Å²) in [7, 11) is -3.54. The molecule has 5 heteroatoms. The zero-order valence-electron chi connectivity index (χ0n) is 11.9. The van der Waals surface area contributed by atoms with Gasteiger partial charge in [0.15, 0.2) is 5.78 Å². The third kappa shape index (κ3) is 3.90. The Balaban J connectivity index is 2.13. The van der Waals surface area contributed by atoms with Gasteiger partial charge in [0, 0.05) is 18.0 Å². The summed E-state index contributed by atoms with van der Waals surface area (Å²) >= 11 is 0. The van der Waals surface area contributed by atoms with Crippen LogP contribution in [-0.2, 0) is 10.0 Å². The van der Waals surface area contributed by atoms with E-state index < -0.39 is 10.0 Å². The van der Waals surface area contributed by atoms with Crippen molar-refractivity contribution in [1.82, 2.24) is 4.72 Å². The van der Waals surface area contributed by atoms with Crippen LogP contribution in [0.5, 0.6) is 0 Å². The minimum absolute atomic E-state index is 0.0481. The molecule has 4 nitrogen and oxygen atoms in total. The SMILES string of the molecule is CCC(=O)c1cccc(S(=O)(=O)NC(C)CC2CC2)c1. The molecule has 1 aliphatic carbocycles. The van der Waals surface area contributed by atoms with Crippen molar-refractivity contribution in [2.75, 3.05) is 0 Å². The Morgan fingerprint density at radius 2 is 2.10 bits per heavy atom. The molecule has 0 radical (unpaired) electrons. The highest BCUT2D eigenvalue weighted by atomic mass is 32.2. The second-order valence-corrected chi connectivity index (χ2v) is 7.22. The summed E-state index contributed by atoms with van der Waals surface area (Å²) in [5, 5.41) is 0. The van der Waals surface area contributed by atoms with Crippen LogP contribution in [0.4, 0.5) is 0 Å². The van der Waals surface area contributed by atoms with Crippen LogP contribution < -0.4 is 4.72 Å². The molecule has 1 aliphatic rings. The predicted molar refractivity (Wildman–Crippen MR) is 78.2 cm³/mol. The number of sulfonamides is 1. The molecule has 1 unspecified atom stereocenters. The zero-order chi connectivity index (χ0) is 14.8. The maximum atomic E-state index is 12.3. The van der Waals surface area contributed by atoms with Crippen LogP contribution >= 0.6 is 0 Å². The van der Waals surface area contributed by atoms with Crippen molar-refractivity contribution in [2.24, 2.45) is 5.92 Å². The van der Waals surface area contributed by atoms with E-state index in [1.54, 1.807) is 19.1 Å². The molecule has 1 fully saturated rings. The molecular weight excluding hydrogens is 274 g/mol. The molecule has 110 valence electrons. The second-order valence-electron chi connectivity index (χ2n) is 5.51. The first-order chi connectivity index (χ1) is 9.42. The Kier molecular flexibility index (Phi) is 4.60. The van der Waals surface area contributed by atoms with Crippen molar-refractivity contribution in [3.8, 4) is 0 Å². The number of Topliss-reactive ketones (excluding diaryl/α,β-unsaturated/α-hetero) is 1.